The van der Waals surface area contributed by atoms with Crippen LogP contribution >= 0.6 is 11.3 Å². The molecule has 29 heavy (non-hydrogen) atoms. The minimum absolute atomic E-state index is 0.688. The molecule has 2 saturated heterocycles. The molecule has 0 radical (unpaired) electrons. The van der Waals surface area contributed by atoms with Gasteiger partial charge in [-0.3, -0.25) is 0 Å². The number of morpholine rings is 2. The Labute approximate surface area is 172 Å². The summed E-state index contributed by atoms with van der Waals surface area (Å²) in [7, 11) is 0. The molecule has 0 N–H and O–H groups in total. The van der Waals surface area contributed by atoms with Crippen molar-refractivity contribution in [2.45, 2.75) is 25.7 Å². The molecule has 6 rings (SSSR count). The molecule has 3 aromatic rings. The number of aryl methyl sites for hydroxylation is 1. The minimum atomic E-state index is 0.688. The average Bonchev–Trinajstić information content (AvgIpc) is 3.18. The Kier molecular flexibility index (Phi) is 4.46. The lowest BCUT2D eigenvalue weighted by atomic mass is 9.91. The lowest BCUT2D eigenvalue weighted by Gasteiger charge is -2.31. The van der Waals surface area contributed by atoms with Crippen LogP contribution in [0.1, 0.15) is 24.0 Å². The summed E-state index contributed by atoms with van der Waals surface area (Å²) >= 11 is 1.70. The van der Waals surface area contributed by atoms with Crippen molar-refractivity contribution in [3.05, 3.63) is 11.1 Å². The van der Waals surface area contributed by atoms with E-state index in [0.29, 0.717) is 19.2 Å². The fourth-order valence-corrected chi connectivity index (χ4v) is 5.70. The van der Waals surface area contributed by atoms with Crippen LogP contribution in [0.25, 0.3) is 20.6 Å². The highest BCUT2D eigenvalue weighted by molar-refractivity contribution is 7.25. The van der Waals surface area contributed by atoms with E-state index in [1.807, 2.05) is 0 Å². The van der Waals surface area contributed by atoms with Crippen LogP contribution in [0, 0.1) is 0 Å². The molecule has 2 aliphatic heterocycles. The highest BCUT2D eigenvalue weighted by atomic mass is 32.1. The van der Waals surface area contributed by atoms with Crippen LogP contribution < -0.4 is 9.80 Å². The van der Waals surface area contributed by atoms with E-state index in [-0.39, 0.29) is 0 Å². The topological polar surface area (TPSA) is 76.5 Å². The lowest BCUT2D eigenvalue weighted by molar-refractivity contribution is 0.122. The molecule has 3 aromatic heterocycles. The normalized spacial score (nSPS) is 20.4. The summed E-state index contributed by atoms with van der Waals surface area (Å²) in [5.74, 6) is 1.83. The molecule has 0 atom stereocenters. The first kappa shape index (κ1) is 17.7. The summed E-state index contributed by atoms with van der Waals surface area (Å²) in [6, 6.07) is 0. The second-order valence-corrected chi connectivity index (χ2v) is 8.84. The zero-order valence-electron chi connectivity index (χ0n) is 16.4. The maximum absolute atomic E-state index is 5.58. The highest BCUT2D eigenvalue weighted by Gasteiger charge is 2.26. The summed E-state index contributed by atoms with van der Waals surface area (Å²) < 4.78 is 12.3. The Balaban J connectivity index is 1.53. The number of thiophene rings is 1. The van der Waals surface area contributed by atoms with Gasteiger partial charge < -0.3 is 19.3 Å². The largest absolute Gasteiger partial charge is 0.378 e. The van der Waals surface area contributed by atoms with Crippen molar-refractivity contribution >= 4 is 43.7 Å². The van der Waals surface area contributed by atoms with E-state index in [9.17, 15) is 0 Å². The maximum atomic E-state index is 5.58. The monoisotopic (exact) mass is 412 g/mol. The standard InChI is InChI=1S/C20H24N6O2S/c1-2-4-14-13(3-1)17-15(21-18(14)25-5-9-27-10-6-25)16-19(29-17)23-24-20(22-16)26-7-11-28-12-8-26/h1-12H2. The summed E-state index contributed by atoms with van der Waals surface area (Å²) in [4.78, 5) is 15.6. The van der Waals surface area contributed by atoms with Gasteiger partial charge in [0.1, 0.15) is 16.9 Å². The number of fused-ring (bicyclic) bond motifs is 5. The molecule has 0 unspecified atom stereocenters. The van der Waals surface area contributed by atoms with Gasteiger partial charge in [-0.15, -0.1) is 21.5 Å². The van der Waals surface area contributed by atoms with Gasteiger partial charge in [0, 0.05) is 26.2 Å². The Bertz CT molecular complexity index is 1060. The third kappa shape index (κ3) is 3.03. The van der Waals surface area contributed by atoms with Crippen molar-refractivity contribution in [2.75, 3.05) is 62.4 Å². The Hall–Kier alpha value is -2.10. The van der Waals surface area contributed by atoms with Crippen molar-refractivity contribution in [3.63, 3.8) is 0 Å². The number of hydrogen-bond donors (Lipinski definition) is 0. The van der Waals surface area contributed by atoms with Gasteiger partial charge in [0.15, 0.2) is 4.83 Å². The molecule has 0 saturated carbocycles. The molecule has 0 spiro atoms. The number of hydrogen-bond acceptors (Lipinski definition) is 9. The zero-order valence-corrected chi connectivity index (χ0v) is 17.2. The molecule has 0 bridgehead atoms. The van der Waals surface area contributed by atoms with Crippen molar-refractivity contribution in [3.8, 4) is 0 Å². The lowest BCUT2D eigenvalue weighted by Crippen LogP contribution is -2.37. The van der Waals surface area contributed by atoms with Crippen LogP contribution in [0.15, 0.2) is 0 Å². The predicted octanol–water partition coefficient (Wildman–Crippen LogP) is 2.19. The molecule has 5 heterocycles. The van der Waals surface area contributed by atoms with Crippen LogP contribution in [0.4, 0.5) is 11.8 Å². The van der Waals surface area contributed by atoms with E-state index < -0.39 is 0 Å². The van der Waals surface area contributed by atoms with Gasteiger partial charge >= 0.3 is 0 Å². The van der Waals surface area contributed by atoms with Gasteiger partial charge in [-0.2, -0.15) is 0 Å². The van der Waals surface area contributed by atoms with Crippen molar-refractivity contribution in [1.29, 1.82) is 0 Å². The quantitative estimate of drug-likeness (QED) is 0.634. The summed E-state index contributed by atoms with van der Waals surface area (Å²) in [5.41, 5.74) is 4.78. The summed E-state index contributed by atoms with van der Waals surface area (Å²) in [5, 5.41) is 8.95. The Morgan fingerprint density at radius 2 is 1.41 bits per heavy atom. The van der Waals surface area contributed by atoms with Gasteiger partial charge in [0.25, 0.3) is 0 Å². The second kappa shape index (κ2) is 7.30. The first-order chi connectivity index (χ1) is 14.4. The van der Waals surface area contributed by atoms with E-state index in [1.54, 1.807) is 11.3 Å². The third-order valence-electron chi connectivity index (χ3n) is 6.12. The van der Waals surface area contributed by atoms with Gasteiger partial charge in [-0.05, 0) is 36.8 Å². The molecule has 3 aliphatic rings. The molecular formula is C20H24N6O2S. The van der Waals surface area contributed by atoms with Crippen LogP contribution in [0.5, 0.6) is 0 Å². The third-order valence-corrected chi connectivity index (χ3v) is 7.23. The fraction of sp³-hybridized carbons (Fsp3) is 0.600. The van der Waals surface area contributed by atoms with Crippen LogP contribution in [-0.2, 0) is 22.3 Å². The van der Waals surface area contributed by atoms with Crippen molar-refractivity contribution in [1.82, 2.24) is 20.2 Å². The van der Waals surface area contributed by atoms with Gasteiger partial charge in [0.05, 0.1) is 31.1 Å². The van der Waals surface area contributed by atoms with Crippen LogP contribution in [-0.4, -0.2) is 72.8 Å². The van der Waals surface area contributed by atoms with E-state index >= 15 is 0 Å². The highest BCUT2D eigenvalue weighted by Crippen LogP contribution is 2.40. The molecule has 8 nitrogen and oxygen atoms in total. The van der Waals surface area contributed by atoms with E-state index in [0.717, 1.165) is 73.9 Å². The molecule has 2 fully saturated rings. The van der Waals surface area contributed by atoms with Gasteiger partial charge in [-0.1, -0.05) is 0 Å². The van der Waals surface area contributed by atoms with E-state index in [2.05, 4.69) is 20.0 Å². The van der Waals surface area contributed by atoms with Crippen molar-refractivity contribution in [2.24, 2.45) is 0 Å². The Morgan fingerprint density at radius 1 is 0.724 bits per heavy atom. The first-order valence-corrected chi connectivity index (χ1v) is 11.3. The fourth-order valence-electron chi connectivity index (χ4n) is 4.60. The number of ether oxygens (including phenoxy) is 2. The predicted molar refractivity (Wildman–Crippen MR) is 113 cm³/mol. The van der Waals surface area contributed by atoms with Crippen LogP contribution in [0.2, 0.25) is 0 Å². The minimum Gasteiger partial charge on any atom is -0.378 e. The molecule has 9 heteroatoms. The van der Waals surface area contributed by atoms with Crippen molar-refractivity contribution < 1.29 is 9.47 Å². The summed E-state index contributed by atoms with van der Waals surface area (Å²) in [6.07, 6.45) is 4.70. The average molecular weight is 413 g/mol. The van der Waals surface area contributed by atoms with E-state index in [4.69, 9.17) is 19.4 Å². The first-order valence-electron chi connectivity index (χ1n) is 10.5. The number of rotatable bonds is 2. The van der Waals surface area contributed by atoms with Gasteiger partial charge in [0.2, 0.25) is 5.95 Å². The molecule has 152 valence electrons. The number of aromatic nitrogens is 4. The SMILES string of the molecule is C1CCc2c(c(N3CCOCC3)nc3c2sc2nnc(N4CCOCC4)nc23)C1. The molecular weight excluding hydrogens is 388 g/mol. The molecule has 0 amide bonds. The van der Waals surface area contributed by atoms with E-state index in [1.165, 1.54) is 28.7 Å². The molecule has 0 aromatic carbocycles. The second-order valence-electron chi connectivity index (χ2n) is 7.84. The number of anilines is 2. The zero-order chi connectivity index (χ0) is 19.2. The smallest absolute Gasteiger partial charge is 0.246 e. The number of pyridine rings is 1. The summed E-state index contributed by atoms with van der Waals surface area (Å²) in [6.45, 7) is 6.36. The number of nitrogens with zero attached hydrogens (tertiary/aromatic N) is 6. The van der Waals surface area contributed by atoms with Gasteiger partial charge in [-0.25, -0.2) is 9.97 Å². The molecule has 1 aliphatic carbocycles. The maximum Gasteiger partial charge on any atom is 0.246 e. The Morgan fingerprint density at radius 3 is 2.17 bits per heavy atom. The van der Waals surface area contributed by atoms with Crippen LogP contribution in [0.3, 0.4) is 0 Å².